The van der Waals surface area contributed by atoms with Gasteiger partial charge in [-0.25, -0.2) is 0 Å². The van der Waals surface area contributed by atoms with Gasteiger partial charge in [0.1, 0.15) is 0 Å². The van der Waals surface area contributed by atoms with Crippen molar-refractivity contribution in [3.05, 3.63) is 0 Å². The Balaban J connectivity index is 0.000000771. The molecule has 0 bridgehead atoms. The van der Waals surface area contributed by atoms with Crippen LogP contribution in [0.2, 0.25) is 0 Å². The second-order valence-corrected chi connectivity index (χ2v) is 5.57. The van der Waals surface area contributed by atoms with Crippen LogP contribution in [0.15, 0.2) is 0 Å². The molecule has 1 aliphatic heterocycles. The van der Waals surface area contributed by atoms with E-state index in [2.05, 4.69) is 17.9 Å². The van der Waals surface area contributed by atoms with Crippen molar-refractivity contribution in [3.63, 3.8) is 0 Å². The van der Waals surface area contributed by atoms with E-state index < -0.39 is 0 Å². The lowest BCUT2D eigenvalue weighted by molar-refractivity contribution is 0.158. The normalized spacial score (nSPS) is 32.4. The van der Waals surface area contributed by atoms with E-state index in [1.807, 2.05) is 13.8 Å². The predicted molar refractivity (Wildman–Crippen MR) is 77.3 cm³/mol. The SMILES string of the molecule is CC.CCCC1CCC(N2CCC(C#N)C2)CC1. The zero-order valence-corrected chi connectivity index (χ0v) is 12.5. The first-order valence-corrected chi connectivity index (χ1v) is 7.97. The minimum absolute atomic E-state index is 0.313. The van der Waals surface area contributed by atoms with E-state index in [1.54, 1.807) is 0 Å². The van der Waals surface area contributed by atoms with Crippen molar-refractivity contribution in [2.24, 2.45) is 11.8 Å². The molecule has 2 aliphatic rings. The Hall–Kier alpha value is -0.550. The lowest BCUT2D eigenvalue weighted by atomic mass is 9.83. The molecule has 1 saturated heterocycles. The zero-order chi connectivity index (χ0) is 13.4. The van der Waals surface area contributed by atoms with Crippen LogP contribution in [0.1, 0.15) is 65.7 Å². The van der Waals surface area contributed by atoms with Crippen LogP contribution in [-0.2, 0) is 0 Å². The van der Waals surface area contributed by atoms with Crippen LogP contribution < -0.4 is 0 Å². The van der Waals surface area contributed by atoms with Crippen LogP contribution in [-0.4, -0.2) is 24.0 Å². The second-order valence-electron chi connectivity index (χ2n) is 5.57. The smallest absolute Gasteiger partial charge is 0.0669 e. The molecular formula is C16H30N2. The van der Waals surface area contributed by atoms with Gasteiger partial charge in [-0.2, -0.15) is 5.26 Å². The Morgan fingerprint density at radius 2 is 1.78 bits per heavy atom. The zero-order valence-electron chi connectivity index (χ0n) is 12.5. The molecule has 1 saturated carbocycles. The van der Waals surface area contributed by atoms with Gasteiger partial charge in [-0.1, -0.05) is 33.6 Å². The molecule has 1 heterocycles. The van der Waals surface area contributed by atoms with E-state index in [9.17, 15) is 0 Å². The topological polar surface area (TPSA) is 27.0 Å². The van der Waals surface area contributed by atoms with Gasteiger partial charge in [-0.3, -0.25) is 4.90 Å². The Kier molecular flexibility index (Phi) is 7.35. The van der Waals surface area contributed by atoms with E-state index in [4.69, 9.17) is 5.26 Å². The second kappa shape index (κ2) is 8.53. The first-order chi connectivity index (χ1) is 8.83. The number of rotatable bonds is 3. The first-order valence-electron chi connectivity index (χ1n) is 7.97. The van der Waals surface area contributed by atoms with Gasteiger partial charge < -0.3 is 0 Å². The number of hydrogen-bond donors (Lipinski definition) is 0. The highest BCUT2D eigenvalue weighted by atomic mass is 15.2. The van der Waals surface area contributed by atoms with E-state index in [1.165, 1.54) is 45.1 Å². The summed E-state index contributed by atoms with van der Waals surface area (Å²) < 4.78 is 0. The molecule has 2 fully saturated rings. The summed E-state index contributed by atoms with van der Waals surface area (Å²) in [4.78, 5) is 2.58. The fourth-order valence-corrected chi connectivity index (χ4v) is 3.43. The lowest BCUT2D eigenvalue weighted by Gasteiger charge is -2.34. The van der Waals surface area contributed by atoms with Crippen molar-refractivity contribution in [2.75, 3.05) is 13.1 Å². The summed E-state index contributed by atoms with van der Waals surface area (Å²) in [5, 5.41) is 8.92. The fourth-order valence-electron chi connectivity index (χ4n) is 3.43. The molecule has 2 heteroatoms. The maximum absolute atomic E-state index is 8.92. The van der Waals surface area contributed by atoms with Crippen LogP contribution >= 0.6 is 0 Å². The molecule has 1 aliphatic carbocycles. The van der Waals surface area contributed by atoms with Gasteiger partial charge in [0.05, 0.1) is 12.0 Å². The van der Waals surface area contributed by atoms with Crippen LogP contribution in [0.25, 0.3) is 0 Å². The van der Waals surface area contributed by atoms with Crippen LogP contribution in [0.3, 0.4) is 0 Å². The largest absolute Gasteiger partial charge is 0.299 e. The Labute approximate surface area is 113 Å². The van der Waals surface area contributed by atoms with Gasteiger partial charge in [0.25, 0.3) is 0 Å². The summed E-state index contributed by atoms with van der Waals surface area (Å²) in [6, 6.07) is 3.22. The van der Waals surface area contributed by atoms with Crippen LogP contribution in [0.5, 0.6) is 0 Å². The number of nitrogens with zero attached hydrogens (tertiary/aromatic N) is 2. The molecule has 0 spiro atoms. The van der Waals surface area contributed by atoms with E-state index >= 15 is 0 Å². The summed E-state index contributed by atoms with van der Waals surface area (Å²) in [7, 11) is 0. The van der Waals surface area contributed by atoms with Gasteiger partial charge in [0.15, 0.2) is 0 Å². The third-order valence-corrected chi connectivity index (χ3v) is 4.43. The van der Waals surface area contributed by atoms with Gasteiger partial charge >= 0.3 is 0 Å². The Morgan fingerprint density at radius 1 is 1.11 bits per heavy atom. The molecule has 2 rings (SSSR count). The highest BCUT2D eigenvalue weighted by Gasteiger charge is 2.30. The Bertz CT molecular complexity index is 248. The minimum atomic E-state index is 0.313. The summed E-state index contributed by atoms with van der Waals surface area (Å²) in [6.07, 6.45) is 9.47. The Morgan fingerprint density at radius 3 is 2.28 bits per heavy atom. The lowest BCUT2D eigenvalue weighted by Crippen LogP contribution is -2.36. The fraction of sp³-hybridized carbons (Fsp3) is 0.938. The van der Waals surface area contributed by atoms with Gasteiger partial charge in [0, 0.05) is 12.6 Å². The summed E-state index contributed by atoms with van der Waals surface area (Å²) in [6.45, 7) is 8.50. The predicted octanol–water partition coefficient (Wildman–Crippen LogP) is 4.22. The summed E-state index contributed by atoms with van der Waals surface area (Å²) in [5.74, 6) is 1.31. The molecule has 2 nitrogen and oxygen atoms in total. The third-order valence-electron chi connectivity index (χ3n) is 4.43. The average molecular weight is 250 g/mol. The molecule has 18 heavy (non-hydrogen) atoms. The molecule has 0 amide bonds. The van der Waals surface area contributed by atoms with Crippen LogP contribution in [0, 0.1) is 23.2 Å². The van der Waals surface area contributed by atoms with Crippen molar-refractivity contribution in [1.29, 1.82) is 5.26 Å². The molecule has 0 N–H and O–H groups in total. The van der Waals surface area contributed by atoms with Crippen LogP contribution in [0.4, 0.5) is 0 Å². The molecule has 0 radical (unpaired) electrons. The van der Waals surface area contributed by atoms with Crippen molar-refractivity contribution in [3.8, 4) is 6.07 Å². The first kappa shape index (κ1) is 15.5. The maximum atomic E-state index is 8.92. The highest BCUT2D eigenvalue weighted by Crippen LogP contribution is 2.32. The molecular weight excluding hydrogens is 220 g/mol. The molecule has 104 valence electrons. The number of hydrogen-bond acceptors (Lipinski definition) is 2. The van der Waals surface area contributed by atoms with Crippen molar-refractivity contribution < 1.29 is 0 Å². The maximum Gasteiger partial charge on any atom is 0.0669 e. The average Bonchev–Trinajstić information content (AvgIpc) is 2.91. The van der Waals surface area contributed by atoms with Gasteiger partial charge in [0.2, 0.25) is 0 Å². The van der Waals surface area contributed by atoms with E-state index in [0.29, 0.717) is 5.92 Å². The molecule has 0 aromatic carbocycles. The highest BCUT2D eigenvalue weighted by molar-refractivity contribution is 4.93. The van der Waals surface area contributed by atoms with Crippen molar-refractivity contribution in [2.45, 2.75) is 71.8 Å². The molecule has 0 aromatic rings. The minimum Gasteiger partial charge on any atom is -0.299 e. The third kappa shape index (κ3) is 4.28. The quantitative estimate of drug-likeness (QED) is 0.750. The van der Waals surface area contributed by atoms with E-state index in [0.717, 1.165) is 24.9 Å². The molecule has 0 aromatic heterocycles. The number of likely N-dealkylation sites (tertiary alicyclic amines) is 1. The number of nitriles is 1. The molecule has 1 atom stereocenters. The van der Waals surface area contributed by atoms with Gasteiger partial charge in [-0.05, 0) is 44.6 Å². The standard InChI is InChI=1S/C14H24N2.C2H6/c1-2-3-12-4-6-14(7-5-12)16-9-8-13(10-15)11-16;1-2/h12-14H,2-9,11H2,1H3;1-2H3. The van der Waals surface area contributed by atoms with Gasteiger partial charge in [-0.15, -0.1) is 0 Å². The van der Waals surface area contributed by atoms with Crippen molar-refractivity contribution in [1.82, 2.24) is 4.90 Å². The summed E-state index contributed by atoms with van der Waals surface area (Å²) >= 11 is 0. The van der Waals surface area contributed by atoms with Crippen molar-refractivity contribution >= 4 is 0 Å². The monoisotopic (exact) mass is 250 g/mol. The van der Waals surface area contributed by atoms with E-state index in [-0.39, 0.29) is 0 Å². The summed E-state index contributed by atoms with van der Waals surface area (Å²) in [5.41, 5.74) is 0. The molecule has 1 unspecified atom stereocenters.